The number of imidazole rings is 1. The molecule has 0 amide bonds. The second kappa shape index (κ2) is 6.61. The molecule has 0 spiro atoms. The van der Waals surface area contributed by atoms with Crippen LogP contribution in [0.5, 0.6) is 0 Å². The van der Waals surface area contributed by atoms with Crippen molar-refractivity contribution in [1.29, 1.82) is 0 Å². The van der Waals surface area contributed by atoms with Crippen LogP contribution in [0.15, 0.2) is 23.1 Å². The van der Waals surface area contributed by atoms with Crippen LogP contribution < -0.4 is 10.9 Å². The summed E-state index contributed by atoms with van der Waals surface area (Å²) in [7, 11) is 1.72. The number of unbranched alkanes of at least 4 members (excludes halogenated alkanes) is 1. The lowest BCUT2D eigenvalue weighted by Gasteiger charge is -2.06. The zero-order chi connectivity index (χ0) is 14.5. The number of aromatic nitrogens is 3. The quantitative estimate of drug-likeness (QED) is 0.861. The third kappa shape index (κ3) is 3.63. The molecule has 0 unspecified atom stereocenters. The summed E-state index contributed by atoms with van der Waals surface area (Å²) in [6.07, 6.45) is 4.89. The van der Waals surface area contributed by atoms with Gasteiger partial charge in [0.2, 0.25) is 5.56 Å². The van der Waals surface area contributed by atoms with E-state index in [0.29, 0.717) is 11.7 Å². The molecule has 2 rings (SSSR count). The van der Waals surface area contributed by atoms with Crippen molar-refractivity contribution in [1.82, 2.24) is 14.5 Å². The molecule has 2 N–H and O–H groups in total. The van der Waals surface area contributed by atoms with Crippen LogP contribution in [0.1, 0.15) is 31.3 Å². The van der Waals surface area contributed by atoms with E-state index in [4.69, 9.17) is 11.6 Å². The van der Waals surface area contributed by atoms with Crippen LogP contribution in [0.4, 0.5) is 5.69 Å². The molecule has 0 saturated carbocycles. The Labute approximate surface area is 123 Å². The van der Waals surface area contributed by atoms with E-state index >= 15 is 0 Å². The first-order valence-corrected chi connectivity index (χ1v) is 7.11. The Morgan fingerprint density at radius 2 is 2.25 bits per heavy atom. The molecule has 2 aromatic heterocycles. The van der Waals surface area contributed by atoms with E-state index in [9.17, 15) is 4.79 Å². The van der Waals surface area contributed by atoms with E-state index in [-0.39, 0.29) is 5.56 Å². The minimum absolute atomic E-state index is 0.0306. The minimum Gasteiger partial charge on any atom is -0.378 e. The van der Waals surface area contributed by atoms with Crippen molar-refractivity contribution in [3.05, 3.63) is 45.4 Å². The Bertz CT molecular complexity index is 632. The summed E-state index contributed by atoms with van der Waals surface area (Å²) in [5.41, 5.74) is 1.71. The minimum atomic E-state index is -0.0306. The maximum Gasteiger partial charge on any atom is 0.250 e. The summed E-state index contributed by atoms with van der Waals surface area (Å²) in [5, 5.41) is 3.73. The van der Waals surface area contributed by atoms with Crippen molar-refractivity contribution in [2.75, 3.05) is 5.32 Å². The molecular formula is C14H19ClN4O. The second-order valence-electron chi connectivity index (χ2n) is 4.78. The molecule has 108 valence electrons. The lowest BCUT2D eigenvalue weighted by molar-refractivity contribution is 0.760. The Morgan fingerprint density at radius 1 is 1.45 bits per heavy atom. The van der Waals surface area contributed by atoms with Gasteiger partial charge in [-0.2, -0.15) is 0 Å². The highest BCUT2D eigenvalue weighted by atomic mass is 35.5. The van der Waals surface area contributed by atoms with Gasteiger partial charge in [0.25, 0.3) is 0 Å². The number of aryl methyl sites for hydroxylation is 2. The van der Waals surface area contributed by atoms with Gasteiger partial charge in [-0.05, 0) is 12.5 Å². The molecule has 2 aromatic rings. The third-order valence-electron chi connectivity index (χ3n) is 3.10. The van der Waals surface area contributed by atoms with Crippen LogP contribution in [0.3, 0.4) is 0 Å². The van der Waals surface area contributed by atoms with Gasteiger partial charge < -0.3 is 14.9 Å². The van der Waals surface area contributed by atoms with Gasteiger partial charge in [-0.1, -0.05) is 24.9 Å². The number of halogens is 1. The van der Waals surface area contributed by atoms with E-state index in [1.807, 2.05) is 0 Å². The highest BCUT2D eigenvalue weighted by Gasteiger charge is 2.07. The number of pyridine rings is 1. The first-order chi connectivity index (χ1) is 9.60. The van der Waals surface area contributed by atoms with Gasteiger partial charge in [0.15, 0.2) is 5.15 Å². The van der Waals surface area contributed by atoms with Crippen molar-refractivity contribution in [3.8, 4) is 0 Å². The molecule has 0 aliphatic heterocycles. The SMILES string of the molecule is CCCCc1nc(Cl)c(CNc2ccc(=O)n(C)c2)[nH]1. The molecule has 0 fully saturated rings. The van der Waals surface area contributed by atoms with Crippen LogP contribution in [-0.4, -0.2) is 14.5 Å². The highest BCUT2D eigenvalue weighted by molar-refractivity contribution is 6.30. The van der Waals surface area contributed by atoms with Crippen molar-refractivity contribution in [2.45, 2.75) is 32.7 Å². The Kier molecular flexibility index (Phi) is 4.84. The van der Waals surface area contributed by atoms with Gasteiger partial charge in [-0.15, -0.1) is 0 Å². The van der Waals surface area contributed by atoms with Crippen LogP contribution >= 0.6 is 11.6 Å². The fraction of sp³-hybridized carbons (Fsp3) is 0.429. The van der Waals surface area contributed by atoms with Crippen LogP contribution in [0.25, 0.3) is 0 Å². The third-order valence-corrected chi connectivity index (χ3v) is 3.41. The summed E-state index contributed by atoms with van der Waals surface area (Å²) in [4.78, 5) is 18.8. The maximum atomic E-state index is 11.3. The Morgan fingerprint density at radius 3 is 2.95 bits per heavy atom. The lowest BCUT2D eigenvalue weighted by Crippen LogP contribution is -2.15. The van der Waals surface area contributed by atoms with E-state index in [0.717, 1.165) is 36.5 Å². The first kappa shape index (κ1) is 14.7. The van der Waals surface area contributed by atoms with Gasteiger partial charge in [0.1, 0.15) is 5.82 Å². The molecule has 20 heavy (non-hydrogen) atoms. The molecule has 0 aliphatic rings. The maximum absolute atomic E-state index is 11.3. The fourth-order valence-electron chi connectivity index (χ4n) is 1.91. The molecule has 2 heterocycles. The van der Waals surface area contributed by atoms with Gasteiger partial charge in [-0.3, -0.25) is 4.79 Å². The number of H-pyrrole nitrogens is 1. The van der Waals surface area contributed by atoms with Gasteiger partial charge in [-0.25, -0.2) is 4.98 Å². The Balaban J connectivity index is 2.01. The molecule has 0 aliphatic carbocycles. The van der Waals surface area contributed by atoms with Crippen LogP contribution in [0.2, 0.25) is 5.15 Å². The van der Waals surface area contributed by atoms with E-state index < -0.39 is 0 Å². The van der Waals surface area contributed by atoms with Crippen LogP contribution in [-0.2, 0) is 20.0 Å². The normalized spacial score (nSPS) is 10.8. The standard InChI is InChI=1S/C14H19ClN4O/c1-3-4-5-12-17-11(14(15)18-12)8-16-10-6-7-13(20)19(2)9-10/h6-7,9,16H,3-5,8H2,1-2H3,(H,17,18). The summed E-state index contributed by atoms with van der Waals surface area (Å²) >= 11 is 6.11. The van der Waals surface area contributed by atoms with Crippen molar-refractivity contribution >= 4 is 17.3 Å². The number of hydrogen-bond acceptors (Lipinski definition) is 3. The summed E-state index contributed by atoms with van der Waals surface area (Å²) < 4.78 is 1.53. The van der Waals surface area contributed by atoms with Gasteiger partial charge in [0, 0.05) is 25.7 Å². The van der Waals surface area contributed by atoms with Gasteiger partial charge >= 0.3 is 0 Å². The topological polar surface area (TPSA) is 62.7 Å². The van der Waals surface area contributed by atoms with Crippen LogP contribution in [0, 0.1) is 0 Å². The number of anilines is 1. The zero-order valence-electron chi connectivity index (χ0n) is 11.7. The zero-order valence-corrected chi connectivity index (χ0v) is 12.5. The molecule has 0 bridgehead atoms. The lowest BCUT2D eigenvalue weighted by atomic mass is 10.2. The number of nitrogens with zero attached hydrogens (tertiary/aromatic N) is 2. The molecule has 0 atom stereocenters. The molecule has 0 aromatic carbocycles. The number of nitrogens with one attached hydrogen (secondary N) is 2. The van der Waals surface area contributed by atoms with E-state index in [1.165, 1.54) is 10.6 Å². The molecule has 6 heteroatoms. The largest absolute Gasteiger partial charge is 0.378 e. The molecular weight excluding hydrogens is 276 g/mol. The van der Waals surface area contributed by atoms with Crippen molar-refractivity contribution < 1.29 is 0 Å². The summed E-state index contributed by atoms with van der Waals surface area (Å²) in [6.45, 7) is 2.70. The second-order valence-corrected chi connectivity index (χ2v) is 5.13. The molecule has 0 radical (unpaired) electrons. The number of rotatable bonds is 6. The van der Waals surface area contributed by atoms with E-state index in [1.54, 1.807) is 19.3 Å². The average Bonchev–Trinajstić information content (AvgIpc) is 2.78. The smallest absolute Gasteiger partial charge is 0.250 e. The monoisotopic (exact) mass is 294 g/mol. The summed E-state index contributed by atoms with van der Waals surface area (Å²) in [6, 6.07) is 3.29. The van der Waals surface area contributed by atoms with E-state index in [2.05, 4.69) is 22.2 Å². The highest BCUT2D eigenvalue weighted by Crippen LogP contribution is 2.15. The first-order valence-electron chi connectivity index (χ1n) is 6.74. The molecule has 5 nitrogen and oxygen atoms in total. The van der Waals surface area contributed by atoms with Crippen molar-refractivity contribution in [3.63, 3.8) is 0 Å². The summed E-state index contributed by atoms with van der Waals surface area (Å²) in [5.74, 6) is 0.925. The van der Waals surface area contributed by atoms with Crippen molar-refractivity contribution in [2.24, 2.45) is 7.05 Å². The number of hydrogen-bond donors (Lipinski definition) is 2. The average molecular weight is 295 g/mol. The predicted octanol–water partition coefficient (Wildman–Crippen LogP) is 2.72. The molecule has 0 saturated heterocycles. The number of aromatic amines is 1. The Hall–Kier alpha value is -1.75. The van der Waals surface area contributed by atoms with Gasteiger partial charge in [0.05, 0.1) is 17.9 Å². The fourth-order valence-corrected chi connectivity index (χ4v) is 2.12. The predicted molar refractivity (Wildman–Crippen MR) is 81.2 cm³/mol.